The summed E-state index contributed by atoms with van der Waals surface area (Å²) in [5.41, 5.74) is 10.9. The van der Waals surface area contributed by atoms with Crippen molar-refractivity contribution in [3.05, 3.63) is 54.1 Å². The maximum Gasteiger partial charge on any atom is 0.410 e. The maximum atomic E-state index is 14.4. The quantitative estimate of drug-likeness (QED) is 0.0242. The molecule has 3 aromatic rings. The van der Waals surface area contributed by atoms with Gasteiger partial charge in [-0.1, -0.05) is 54.6 Å². The summed E-state index contributed by atoms with van der Waals surface area (Å²) in [7, 11) is 0. The first-order valence-electron chi connectivity index (χ1n) is 32.3. The van der Waals surface area contributed by atoms with Gasteiger partial charge in [-0.15, -0.1) is 5.10 Å². The summed E-state index contributed by atoms with van der Waals surface area (Å²) < 4.78 is 36.2. The van der Waals surface area contributed by atoms with E-state index >= 15 is 0 Å². The van der Waals surface area contributed by atoms with Crippen LogP contribution in [0.25, 0.3) is 22.5 Å². The van der Waals surface area contributed by atoms with Gasteiger partial charge in [-0.3, -0.25) is 24.0 Å². The molecule has 8 amide bonds. The number of carbonyl (C=O) groups is 9. The standard InChI is InChI=1S/C66H105N13O16/c1-45(29-35-90-36-31-70-51(81)26-27-54(84)85)91-37-34-79-56-47-21-16-15-20-46(47)38-78(49-23-18-17-22-48(49)55(56)74-75-79)53(83)28-30-69-50(80)24-19-25-52(82)73-66(40-68,42-72-58(87)93-62(5,6)7)44-77(60(89)95-64(11,12)13)33-32-76(59(88)94-63(8,9)10)43-65(14,39-67)41-71-57(86)92-61(2,3)4/h15-18,20-23,45H,19,24-44,67-68H2,1-14H3,(H,69,80)(H,70,81)(H,71,86)(H,72,87)(H,73,82)(H,84,85). The molecule has 4 rings (SSSR count). The van der Waals surface area contributed by atoms with Crippen LogP contribution < -0.4 is 43.0 Å². The highest BCUT2D eigenvalue weighted by Crippen LogP contribution is 2.41. The third kappa shape index (κ3) is 28.8. The van der Waals surface area contributed by atoms with E-state index in [1.165, 1.54) is 9.80 Å². The lowest BCUT2D eigenvalue weighted by atomic mass is 9.90. The molecule has 0 fully saturated rings. The summed E-state index contributed by atoms with van der Waals surface area (Å²) in [6.45, 7) is 24.4. The molecule has 95 heavy (non-hydrogen) atoms. The molecule has 3 atom stereocenters. The summed E-state index contributed by atoms with van der Waals surface area (Å²) in [4.78, 5) is 123. The SMILES string of the molecule is CC(CCOCCNC(=O)CCC(=O)O)OCCn1nnc2c1-c1ccccc1CN(C(=O)CCNC(=O)CCCC(=O)NC(CN)(CNC(=O)OC(C)(C)C)CN(CCN(CC(C)(CN)CNC(=O)OC(C)(C)C)C(=O)OC(C)(C)C)C(=O)OC(C)(C)C)c1ccccc1-2. The molecule has 0 saturated heterocycles. The molecule has 0 aliphatic carbocycles. The van der Waals surface area contributed by atoms with Crippen molar-refractivity contribution in [1.82, 2.24) is 51.4 Å². The molecule has 1 aliphatic heterocycles. The Balaban J connectivity index is 1.45. The predicted molar refractivity (Wildman–Crippen MR) is 355 cm³/mol. The van der Waals surface area contributed by atoms with Crippen molar-refractivity contribution < 1.29 is 76.7 Å². The number of ether oxygens (including phenoxy) is 6. The van der Waals surface area contributed by atoms with Crippen LogP contribution in [0.5, 0.6) is 0 Å². The van der Waals surface area contributed by atoms with Crippen molar-refractivity contribution in [2.24, 2.45) is 16.9 Å². The van der Waals surface area contributed by atoms with Gasteiger partial charge in [0.2, 0.25) is 23.6 Å². The highest BCUT2D eigenvalue weighted by molar-refractivity contribution is 6.00. The lowest BCUT2D eigenvalue weighted by molar-refractivity contribution is -0.138. The number of carbonyl (C=O) groups excluding carboxylic acids is 8. The van der Waals surface area contributed by atoms with Crippen molar-refractivity contribution >= 4 is 59.7 Å². The van der Waals surface area contributed by atoms with Crippen LogP contribution in [0.15, 0.2) is 48.5 Å². The van der Waals surface area contributed by atoms with E-state index < -0.39 is 75.5 Å². The number of carboxylic acids is 1. The fraction of sp³-hybridized carbons (Fsp3) is 0.652. The predicted octanol–water partition coefficient (Wildman–Crippen LogP) is 6.23. The van der Waals surface area contributed by atoms with Gasteiger partial charge in [-0.25, -0.2) is 23.9 Å². The van der Waals surface area contributed by atoms with E-state index in [1.54, 1.807) is 99.6 Å². The number of amides is 8. The van der Waals surface area contributed by atoms with Crippen LogP contribution in [0.3, 0.4) is 0 Å². The number of aliphatic carboxylic acids is 1. The molecular weight excluding hydrogens is 1230 g/mol. The Morgan fingerprint density at radius 3 is 1.75 bits per heavy atom. The van der Waals surface area contributed by atoms with Crippen LogP contribution in [0.1, 0.15) is 147 Å². The number of rotatable bonds is 34. The molecule has 10 N–H and O–H groups in total. The van der Waals surface area contributed by atoms with Crippen LogP contribution in [0, 0.1) is 5.41 Å². The minimum Gasteiger partial charge on any atom is -0.481 e. The second-order valence-corrected chi connectivity index (χ2v) is 28.0. The topological polar surface area (TPSA) is 382 Å². The molecule has 0 radical (unpaired) electrons. The number of aromatic nitrogens is 3. The van der Waals surface area contributed by atoms with Gasteiger partial charge >= 0.3 is 30.3 Å². The zero-order valence-corrected chi connectivity index (χ0v) is 58.2. The maximum absolute atomic E-state index is 14.4. The molecular formula is C66H105N13O16. The van der Waals surface area contributed by atoms with Gasteiger partial charge in [0.25, 0.3) is 0 Å². The second kappa shape index (κ2) is 36.1. The number of nitrogens with zero attached hydrogens (tertiary/aromatic N) is 6. The summed E-state index contributed by atoms with van der Waals surface area (Å²) in [5.74, 6) is -2.64. The fourth-order valence-electron chi connectivity index (χ4n) is 9.71. The van der Waals surface area contributed by atoms with E-state index in [0.29, 0.717) is 43.1 Å². The average Bonchev–Trinajstić information content (AvgIpc) is 1.69. The van der Waals surface area contributed by atoms with Gasteiger partial charge < -0.3 is 86.3 Å². The number of hydrogen-bond acceptors (Lipinski definition) is 19. The average molecular weight is 1340 g/mol. The van der Waals surface area contributed by atoms with Crippen LogP contribution in [0.4, 0.5) is 24.9 Å². The Bertz CT molecular complexity index is 3060. The Morgan fingerprint density at radius 1 is 0.611 bits per heavy atom. The first-order valence-corrected chi connectivity index (χ1v) is 32.3. The summed E-state index contributed by atoms with van der Waals surface area (Å²) in [5, 5.41) is 31.8. The summed E-state index contributed by atoms with van der Waals surface area (Å²) >= 11 is 0. The lowest BCUT2D eigenvalue weighted by Crippen LogP contribution is -2.66. The number of benzene rings is 2. The minimum atomic E-state index is -1.59. The molecule has 0 bridgehead atoms. The molecule has 1 aromatic heterocycles. The number of anilines is 1. The smallest absolute Gasteiger partial charge is 0.410 e. The van der Waals surface area contributed by atoms with Crippen LogP contribution in [-0.2, 0) is 65.5 Å². The molecule has 530 valence electrons. The van der Waals surface area contributed by atoms with Gasteiger partial charge in [0, 0.05) is 108 Å². The Morgan fingerprint density at radius 2 is 1.16 bits per heavy atom. The van der Waals surface area contributed by atoms with Crippen LogP contribution in [-0.4, -0.2) is 203 Å². The van der Waals surface area contributed by atoms with E-state index in [1.807, 2.05) is 55.5 Å². The van der Waals surface area contributed by atoms with E-state index in [0.717, 1.165) is 16.8 Å². The third-order valence-corrected chi connectivity index (χ3v) is 14.4. The number of nitrogens with two attached hydrogens (primary N) is 2. The van der Waals surface area contributed by atoms with E-state index in [2.05, 4.69) is 36.9 Å². The van der Waals surface area contributed by atoms with E-state index in [-0.39, 0.29) is 135 Å². The van der Waals surface area contributed by atoms with Gasteiger partial charge in [-0.05, 0) is 114 Å². The first kappa shape index (κ1) is 79.3. The zero-order chi connectivity index (χ0) is 71.0. The molecule has 0 saturated carbocycles. The number of carboxylic acid groups (broad SMARTS) is 1. The van der Waals surface area contributed by atoms with Gasteiger partial charge in [0.1, 0.15) is 28.1 Å². The molecule has 29 heteroatoms. The van der Waals surface area contributed by atoms with Crippen molar-refractivity contribution in [2.45, 2.75) is 189 Å². The first-order chi connectivity index (χ1) is 44.3. The van der Waals surface area contributed by atoms with Crippen molar-refractivity contribution in [3.8, 4) is 22.5 Å². The molecule has 2 heterocycles. The van der Waals surface area contributed by atoms with Crippen molar-refractivity contribution in [2.75, 3.05) is 90.2 Å². The lowest BCUT2D eigenvalue weighted by Gasteiger charge is -2.40. The van der Waals surface area contributed by atoms with Gasteiger partial charge in [-0.2, -0.15) is 0 Å². The van der Waals surface area contributed by atoms with Crippen molar-refractivity contribution in [1.29, 1.82) is 0 Å². The third-order valence-electron chi connectivity index (χ3n) is 14.4. The molecule has 0 spiro atoms. The minimum absolute atomic E-state index is 0.00270. The van der Waals surface area contributed by atoms with Crippen molar-refractivity contribution in [3.63, 3.8) is 0 Å². The van der Waals surface area contributed by atoms with Gasteiger partial charge in [0.15, 0.2) is 0 Å². The number of alkyl carbamates (subject to hydrolysis) is 2. The largest absolute Gasteiger partial charge is 0.481 e. The number of hydrogen-bond donors (Lipinski definition) is 8. The number of para-hydroxylation sites is 1. The number of nitrogens with one attached hydrogen (secondary N) is 5. The Hall–Kier alpha value is -8.15. The summed E-state index contributed by atoms with van der Waals surface area (Å²) in [6.07, 6.45) is -3.31. The Labute approximate surface area is 558 Å². The van der Waals surface area contributed by atoms with E-state index in [4.69, 9.17) is 45.0 Å². The van der Waals surface area contributed by atoms with Crippen LogP contribution in [0.2, 0.25) is 0 Å². The highest BCUT2D eigenvalue weighted by Gasteiger charge is 2.39. The molecule has 29 nitrogen and oxygen atoms in total. The highest BCUT2D eigenvalue weighted by atomic mass is 16.6. The van der Waals surface area contributed by atoms with Crippen LogP contribution >= 0.6 is 0 Å². The molecule has 2 aromatic carbocycles. The monoisotopic (exact) mass is 1340 g/mol. The fourth-order valence-corrected chi connectivity index (χ4v) is 9.71. The van der Waals surface area contributed by atoms with E-state index in [9.17, 15) is 43.2 Å². The second-order valence-electron chi connectivity index (χ2n) is 28.0. The molecule has 3 unspecified atom stereocenters. The Kier molecular flexibility index (Phi) is 30.1. The molecule has 1 aliphatic rings. The number of fused-ring (bicyclic) bond motifs is 5. The van der Waals surface area contributed by atoms with Gasteiger partial charge in [0.05, 0.1) is 62.3 Å². The normalized spacial score (nSPS) is 13.9. The summed E-state index contributed by atoms with van der Waals surface area (Å²) in [6, 6.07) is 15.1. The zero-order valence-electron chi connectivity index (χ0n) is 58.2.